The fourth-order valence-electron chi connectivity index (χ4n) is 2.46. The third-order valence-electron chi connectivity index (χ3n) is 3.41. The summed E-state index contributed by atoms with van der Waals surface area (Å²) >= 11 is 0. The summed E-state index contributed by atoms with van der Waals surface area (Å²) < 4.78 is 37.9. The molecule has 1 N–H and O–H groups in total. The van der Waals surface area contributed by atoms with Crippen LogP contribution in [0.5, 0.6) is 0 Å². The van der Waals surface area contributed by atoms with Gasteiger partial charge in [0.25, 0.3) is 0 Å². The predicted molar refractivity (Wildman–Crippen MR) is 63.6 cm³/mol. The normalized spacial score (nSPS) is 21.0. The van der Waals surface area contributed by atoms with E-state index in [0.29, 0.717) is 18.5 Å². The van der Waals surface area contributed by atoms with E-state index in [2.05, 4.69) is 0 Å². The number of anilines is 1. The Kier molecular flexibility index (Phi) is 3.27. The van der Waals surface area contributed by atoms with Crippen LogP contribution in [0.4, 0.5) is 18.9 Å². The molecule has 5 heteroatoms. The van der Waals surface area contributed by atoms with Crippen LogP contribution >= 0.6 is 0 Å². The molecule has 0 radical (unpaired) electrons. The molecular formula is C13H16F3NO. The second kappa shape index (κ2) is 4.46. The van der Waals surface area contributed by atoms with Gasteiger partial charge in [-0.3, -0.25) is 0 Å². The minimum Gasteiger partial charge on any atom is -0.393 e. The number of nitrogens with zero attached hydrogens (tertiary/aromatic N) is 1. The van der Waals surface area contributed by atoms with Gasteiger partial charge in [-0.25, -0.2) is 0 Å². The van der Waals surface area contributed by atoms with Crippen molar-refractivity contribution in [1.29, 1.82) is 0 Å². The summed E-state index contributed by atoms with van der Waals surface area (Å²) in [5, 5.41) is 9.39. The minimum atomic E-state index is -4.31. The quantitative estimate of drug-likeness (QED) is 0.882. The van der Waals surface area contributed by atoms with Crippen molar-refractivity contribution in [1.82, 2.24) is 0 Å². The van der Waals surface area contributed by atoms with Crippen LogP contribution in [0.25, 0.3) is 0 Å². The van der Waals surface area contributed by atoms with E-state index >= 15 is 0 Å². The molecule has 0 bridgehead atoms. The van der Waals surface area contributed by atoms with Gasteiger partial charge in [-0.15, -0.1) is 0 Å². The second-order valence-electron chi connectivity index (χ2n) is 4.89. The van der Waals surface area contributed by atoms with Gasteiger partial charge < -0.3 is 10.0 Å². The van der Waals surface area contributed by atoms with Crippen LogP contribution < -0.4 is 4.90 Å². The molecule has 1 aliphatic rings. The molecule has 0 aromatic heterocycles. The molecule has 2 rings (SSSR count). The Morgan fingerprint density at radius 2 is 2.11 bits per heavy atom. The number of fused-ring (bicyclic) bond motifs is 1. The number of benzene rings is 1. The van der Waals surface area contributed by atoms with Crippen molar-refractivity contribution in [3.8, 4) is 0 Å². The van der Waals surface area contributed by atoms with Gasteiger partial charge in [0.05, 0.1) is 11.7 Å². The van der Waals surface area contributed by atoms with E-state index in [9.17, 15) is 18.3 Å². The fourth-order valence-corrected chi connectivity index (χ4v) is 2.46. The highest BCUT2D eigenvalue weighted by molar-refractivity contribution is 5.60. The molecule has 0 amide bonds. The first-order chi connectivity index (χ1) is 8.29. The molecule has 0 fully saturated rings. The van der Waals surface area contributed by atoms with E-state index in [0.717, 1.165) is 11.6 Å². The molecule has 1 aliphatic heterocycles. The summed E-state index contributed by atoms with van der Waals surface area (Å²) in [5.41, 5.74) is 0.914. The van der Waals surface area contributed by atoms with Crippen molar-refractivity contribution >= 4 is 5.69 Å². The Balaban J connectivity index is 2.27. The summed E-state index contributed by atoms with van der Waals surface area (Å²) in [7, 11) is 1.78. The fraction of sp³-hybridized carbons (Fsp3) is 0.538. The van der Waals surface area contributed by atoms with Gasteiger partial charge in [0.15, 0.2) is 0 Å². The number of hydrogen-bond donors (Lipinski definition) is 1. The molecule has 0 spiro atoms. The number of rotatable bonds is 2. The summed E-state index contributed by atoms with van der Waals surface area (Å²) in [5.74, 6) is 0. The molecule has 2 unspecified atom stereocenters. The van der Waals surface area contributed by atoms with Crippen LogP contribution in [0, 0.1) is 0 Å². The number of hydrogen-bond acceptors (Lipinski definition) is 2. The van der Waals surface area contributed by atoms with E-state index in [1.54, 1.807) is 14.0 Å². The van der Waals surface area contributed by atoms with Gasteiger partial charge in [0.1, 0.15) is 0 Å². The minimum absolute atomic E-state index is 0.0727. The standard InChI is InChI=1S/C13H16F3NO/c1-8(18)5-11-6-9-3-4-10(13(14,15)16)7-12(9)17(11)2/h3-4,7-8,11,18H,5-6H2,1-2H3. The molecule has 1 heterocycles. The maximum Gasteiger partial charge on any atom is 0.416 e. The van der Waals surface area contributed by atoms with Gasteiger partial charge in [-0.2, -0.15) is 13.2 Å². The molecule has 2 nitrogen and oxygen atoms in total. The SMILES string of the molecule is CC(O)CC1Cc2ccc(C(F)(F)F)cc2N1C. The van der Waals surface area contributed by atoms with Crippen molar-refractivity contribution in [3.63, 3.8) is 0 Å². The summed E-state index contributed by atoms with van der Waals surface area (Å²) in [6, 6.07) is 3.93. The molecule has 0 saturated heterocycles. The Morgan fingerprint density at radius 1 is 1.44 bits per heavy atom. The molecule has 0 saturated carbocycles. The topological polar surface area (TPSA) is 23.5 Å². The van der Waals surface area contributed by atoms with Gasteiger partial charge in [0, 0.05) is 18.8 Å². The molecular weight excluding hydrogens is 243 g/mol. The Morgan fingerprint density at radius 3 is 2.67 bits per heavy atom. The molecule has 18 heavy (non-hydrogen) atoms. The van der Waals surface area contributed by atoms with E-state index in [1.165, 1.54) is 12.1 Å². The second-order valence-corrected chi connectivity index (χ2v) is 4.89. The number of halogens is 3. The lowest BCUT2D eigenvalue weighted by atomic mass is 10.0. The zero-order valence-electron chi connectivity index (χ0n) is 10.3. The van der Waals surface area contributed by atoms with Gasteiger partial charge in [0.2, 0.25) is 0 Å². The Labute approximate surface area is 104 Å². The molecule has 1 aromatic carbocycles. The van der Waals surface area contributed by atoms with Crippen LogP contribution in [0.3, 0.4) is 0 Å². The average molecular weight is 259 g/mol. The van der Waals surface area contributed by atoms with Crippen LogP contribution in [-0.4, -0.2) is 24.3 Å². The van der Waals surface area contributed by atoms with E-state index in [1.807, 2.05) is 4.90 Å². The van der Waals surface area contributed by atoms with Crippen molar-refractivity contribution in [2.24, 2.45) is 0 Å². The van der Waals surface area contributed by atoms with Crippen LogP contribution in [0.15, 0.2) is 18.2 Å². The molecule has 0 aliphatic carbocycles. The van der Waals surface area contributed by atoms with Gasteiger partial charge >= 0.3 is 6.18 Å². The third-order valence-corrected chi connectivity index (χ3v) is 3.41. The largest absolute Gasteiger partial charge is 0.416 e. The van der Waals surface area contributed by atoms with Gasteiger partial charge in [-0.05, 0) is 37.5 Å². The summed E-state index contributed by atoms with van der Waals surface area (Å²) in [4.78, 5) is 1.83. The number of likely N-dealkylation sites (N-methyl/N-ethyl adjacent to an activating group) is 1. The van der Waals surface area contributed by atoms with E-state index in [4.69, 9.17) is 0 Å². The zero-order chi connectivity index (χ0) is 13.5. The van der Waals surface area contributed by atoms with Crippen LogP contribution in [0.1, 0.15) is 24.5 Å². The number of aliphatic hydroxyl groups is 1. The molecule has 100 valence electrons. The highest BCUT2D eigenvalue weighted by atomic mass is 19.4. The Hall–Kier alpha value is -1.23. The lowest BCUT2D eigenvalue weighted by Gasteiger charge is -2.24. The first-order valence-electron chi connectivity index (χ1n) is 5.90. The lowest BCUT2D eigenvalue weighted by molar-refractivity contribution is -0.137. The smallest absolute Gasteiger partial charge is 0.393 e. The molecule has 2 atom stereocenters. The number of alkyl halides is 3. The van der Waals surface area contributed by atoms with Crippen molar-refractivity contribution in [3.05, 3.63) is 29.3 Å². The molecule has 1 aromatic rings. The Bertz CT molecular complexity index is 442. The van der Waals surface area contributed by atoms with E-state index in [-0.39, 0.29) is 6.04 Å². The highest BCUT2D eigenvalue weighted by Gasteiger charge is 2.34. The van der Waals surface area contributed by atoms with Gasteiger partial charge in [-0.1, -0.05) is 6.07 Å². The predicted octanol–water partition coefficient (Wildman–Crippen LogP) is 2.84. The average Bonchev–Trinajstić information content (AvgIpc) is 2.53. The number of aliphatic hydroxyl groups excluding tert-OH is 1. The first kappa shape index (κ1) is 13.2. The maximum absolute atomic E-state index is 12.6. The van der Waals surface area contributed by atoms with Crippen molar-refractivity contribution in [2.75, 3.05) is 11.9 Å². The lowest BCUT2D eigenvalue weighted by Crippen LogP contribution is -2.30. The van der Waals surface area contributed by atoms with Crippen molar-refractivity contribution in [2.45, 2.75) is 38.1 Å². The monoisotopic (exact) mass is 259 g/mol. The summed E-state index contributed by atoms with van der Waals surface area (Å²) in [6.07, 6.45) is -3.51. The highest BCUT2D eigenvalue weighted by Crippen LogP contribution is 2.38. The maximum atomic E-state index is 12.6. The van der Waals surface area contributed by atoms with Crippen LogP contribution in [0.2, 0.25) is 0 Å². The van der Waals surface area contributed by atoms with Crippen molar-refractivity contribution < 1.29 is 18.3 Å². The summed E-state index contributed by atoms with van der Waals surface area (Å²) in [6.45, 7) is 1.69. The third kappa shape index (κ3) is 2.46. The zero-order valence-corrected chi connectivity index (χ0v) is 10.3. The first-order valence-corrected chi connectivity index (χ1v) is 5.90. The van der Waals surface area contributed by atoms with E-state index < -0.39 is 17.8 Å². The van der Waals surface area contributed by atoms with Crippen LogP contribution in [-0.2, 0) is 12.6 Å².